The number of carbonyl (C=O) groups excluding carboxylic acids is 1. The summed E-state index contributed by atoms with van der Waals surface area (Å²) in [7, 11) is 1.67. The molecule has 27 heavy (non-hydrogen) atoms. The van der Waals surface area contributed by atoms with Gasteiger partial charge >= 0.3 is 0 Å². The van der Waals surface area contributed by atoms with Crippen LogP contribution in [0.1, 0.15) is 30.4 Å². The Hall–Kier alpha value is -2.40. The third kappa shape index (κ3) is 5.30. The van der Waals surface area contributed by atoms with Gasteiger partial charge in [0.1, 0.15) is 11.6 Å². The Morgan fingerprint density at radius 2 is 2.07 bits per heavy atom. The van der Waals surface area contributed by atoms with Crippen molar-refractivity contribution >= 4 is 5.91 Å². The third-order valence-corrected chi connectivity index (χ3v) is 5.14. The average molecular weight is 370 g/mol. The van der Waals surface area contributed by atoms with E-state index in [0.29, 0.717) is 19.5 Å². The molecule has 5 heteroatoms. The van der Waals surface area contributed by atoms with Crippen LogP contribution in [0.5, 0.6) is 5.75 Å². The van der Waals surface area contributed by atoms with Gasteiger partial charge in [-0.2, -0.15) is 0 Å². The first kappa shape index (κ1) is 19.4. The van der Waals surface area contributed by atoms with Crippen LogP contribution in [-0.2, 0) is 17.8 Å². The summed E-state index contributed by atoms with van der Waals surface area (Å²) in [6.07, 6.45) is 3.24. The van der Waals surface area contributed by atoms with Gasteiger partial charge in [-0.1, -0.05) is 30.3 Å². The number of ether oxygens (including phenoxy) is 1. The molecular formula is C22H27FN2O2. The molecule has 2 aromatic rings. The normalized spacial score (nSPS) is 16.7. The summed E-state index contributed by atoms with van der Waals surface area (Å²) < 4.78 is 18.6. The molecule has 0 saturated carbocycles. The molecule has 0 radical (unpaired) electrons. The number of nitrogens with zero attached hydrogens (tertiary/aromatic N) is 1. The summed E-state index contributed by atoms with van der Waals surface area (Å²) in [4.78, 5) is 14.3. The maximum absolute atomic E-state index is 13.2. The lowest BCUT2D eigenvalue weighted by molar-refractivity contribution is -0.129. The van der Waals surface area contributed by atoms with Crippen LogP contribution in [-0.4, -0.2) is 37.0 Å². The predicted molar refractivity (Wildman–Crippen MR) is 104 cm³/mol. The number of nitrogens with one attached hydrogen (secondary N) is 1. The van der Waals surface area contributed by atoms with Gasteiger partial charge in [0.05, 0.1) is 7.11 Å². The van der Waals surface area contributed by atoms with E-state index in [1.807, 2.05) is 29.2 Å². The zero-order valence-corrected chi connectivity index (χ0v) is 15.8. The van der Waals surface area contributed by atoms with Gasteiger partial charge in [-0.3, -0.25) is 4.79 Å². The molecule has 4 nitrogen and oxygen atoms in total. The fraction of sp³-hybridized carbons (Fsp3) is 0.409. The molecule has 1 amide bonds. The maximum atomic E-state index is 13.2. The third-order valence-electron chi connectivity index (χ3n) is 5.14. The Labute approximate surface area is 160 Å². The second-order valence-electron chi connectivity index (χ2n) is 6.94. The van der Waals surface area contributed by atoms with Crippen molar-refractivity contribution in [3.05, 3.63) is 65.5 Å². The van der Waals surface area contributed by atoms with Gasteiger partial charge in [-0.05, 0) is 55.1 Å². The second-order valence-corrected chi connectivity index (χ2v) is 6.94. The number of amides is 1. The zero-order valence-electron chi connectivity index (χ0n) is 15.8. The fourth-order valence-electron chi connectivity index (χ4n) is 3.70. The van der Waals surface area contributed by atoms with E-state index in [4.69, 9.17) is 4.74 Å². The highest BCUT2D eigenvalue weighted by Gasteiger charge is 2.30. The number of rotatable bonds is 9. The summed E-state index contributed by atoms with van der Waals surface area (Å²) in [6.45, 7) is 2.16. The molecule has 0 aromatic heterocycles. The van der Waals surface area contributed by atoms with E-state index >= 15 is 0 Å². The number of methoxy groups -OCH3 is 1. The maximum Gasteiger partial charge on any atom is 0.222 e. The van der Waals surface area contributed by atoms with Crippen molar-refractivity contribution in [2.45, 2.75) is 38.3 Å². The molecule has 1 aliphatic rings. The van der Waals surface area contributed by atoms with Crippen molar-refractivity contribution in [1.82, 2.24) is 10.2 Å². The smallest absolute Gasteiger partial charge is 0.222 e. The van der Waals surface area contributed by atoms with Crippen LogP contribution in [0.4, 0.5) is 4.39 Å². The second kappa shape index (κ2) is 9.51. The van der Waals surface area contributed by atoms with Gasteiger partial charge in [-0.25, -0.2) is 4.39 Å². The highest BCUT2D eigenvalue weighted by molar-refractivity contribution is 5.78. The lowest BCUT2D eigenvalue weighted by Gasteiger charge is -2.25. The first-order valence-electron chi connectivity index (χ1n) is 9.54. The van der Waals surface area contributed by atoms with Crippen LogP contribution in [0.3, 0.4) is 0 Å². The lowest BCUT2D eigenvalue weighted by atomic mass is 10.1. The van der Waals surface area contributed by atoms with Crippen molar-refractivity contribution in [2.75, 3.05) is 20.2 Å². The van der Waals surface area contributed by atoms with Gasteiger partial charge in [0.25, 0.3) is 0 Å². The molecule has 1 saturated heterocycles. The molecule has 144 valence electrons. The highest BCUT2D eigenvalue weighted by atomic mass is 19.1. The molecular weight excluding hydrogens is 343 g/mol. The molecule has 0 spiro atoms. The monoisotopic (exact) mass is 370 g/mol. The van der Waals surface area contributed by atoms with Crippen molar-refractivity contribution in [3.63, 3.8) is 0 Å². The Balaban J connectivity index is 1.47. The average Bonchev–Trinajstić information content (AvgIpc) is 3.03. The van der Waals surface area contributed by atoms with Crippen LogP contribution >= 0.6 is 0 Å². The van der Waals surface area contributed by atoms with E-state index < -0.39 is 0 Å². The number of hydrogen-bond donors (Lipinski definition) is 1. The van der Waals surface area contributed by atoms with Crippen molar-refractivity contribution in [1.29, 1.82) is 0 Å². The van der Waals surface area contributed by atoms with E-state index in [9.17, 15) is 9.18 Å². The summed E-state index contributed by atoms with van der Waals surface area (Å²) in [5, 5.41) is 3.36. The summed E-state index contributed by atoms with van der Waals surface area (Å²) in [5.41, 5.74) is 2.06. The van der Waals surface area contributed by atoms with Crippen LogP contribution in [0.15, 0.2) is 48.5 Å². The quantitative estimate of drug-likeness (QED) is 0.687. The number of halogens is 1. The Morgan fingerprint density at radius 1 is 1.22 bits per heavy atom. The highest BCUT2D eigenvalue weighted by Crippen LogP contribution is 2.24. The molecule has 0 bridgehead atoms. The van der Waals surface area contributed by atoms with E-state index in [0.717, 1.165) is 42.7 Å². The molecule has 1 heterocycles. The fourth-order valence-corrected chi connectivity index (χ4v) is 3.70. The Morgan fingerprint density at radius 3 is 2.89 bits per heavy atom. The van der Waals surface area contributed by atoms with Gasteiger partial charge in [0, 0.05) is 25.6 Å². The first-order valence-corrected chi connectivity index (χ1v) is 9.54. The number of carbonyl (C=O) groups is 1. The summed E-state index contributed by atoms with van der Waals surface area (Å²) in [6, 6.07) is 14.9. The molecule has 1 aliphatic heterocycles. The zero-order chi connectivity index (χ0) is 19.1. The van der Waals surface area contributed by atoms with Crippen LogP contribution in [0.2, 0.25) is 0 Å². The largest absolute Gasteiger partial charge is 0.496 e. The molecule has 1 atom stereocenters. The predicted octanol–water partition coefficient (Wildman–Crippen LogP) is 3.55. The SMILES string of the molecule is COc1ccccc1CCN1C(=O)CCC1CCNCc1cccc(F)c1. The minimum atomic E-state index is -0.210. The topological polar surface area (TPSA) is 41.6 Å². The van der Waals surface area contributed by atoms with Crippen molar-refractivity contribution < 1.29 is 13.9 Å². The van der Waals surface area contributed by atoms with Gasteiger partial charge < -0.3 is 15.0 Å². The van der Waals surface area contributed by atoms with Gasteiger partial charge in [0.2, 0.25) is 5.91 Å². The van der Waals surface area contributed by atoms with E-state index in [1.165, 1.54) is 6.07 Å². The molecule has 0 aliphatic carbocycles. The number of hydrogen-bond acceptors (Lipinski definition) is 3. The van der Waals surface area contributed by atoms with Gasteiger partial charge in [-0.15, -0.1) is 0 Å². The van der Waals surface area contributed by atoms with Crippen molar-refractivity contribution in [2.24, 2.45) is 0 Å². The standard InChI is InChI=1S/C22H27FN2O2/c1-27-21-8-3-2-6-18(21)12-14-25-20(9-10-22(25)26)11-13-24-16-17-5-4-7-19(23)15-17/h2-8,15,20,24H,9-14,16H2,1H3. The molecule has 1 unspecified atom stereocenters. The van der Waals surface area contributed by atoms with Crippen LogP contribution < -0.4 is 10.1 Å². The minimum absolute atomic E-state index is 0.210. The van der Waals surface area contributed by atoms with E-state index in [-0.39, 0.29) is 17.8 Å². The minimum Gasteiger partial charge on any atom is -0.496 e. The van der Waals surface area contributed by atoms with E-state index in [1.54, 1.807) is 19.2 Å². The lowest BCUT2D eigenvalue weighted by Crippen LogP contribution is -2.36. The summed E-state index contributed by atoms with van der Waals surface area (Å²) >= 11 is 0. The Bertz CT molecular complexity index is 765. The number of benzene rings is 2. The molecule has 1 N–H and O–H groups in total. The molecule has 2 aromatic carbocycles. The van der Waals surface area contributed by atoms with Crippen LogP contribution in [0.25, 0.3) is 0 Å². The number of likely N-dealkylation sites (tertiary alicyclic amines) is 1. The van der Waals surface area contributed by atoms with E-state index in [2.05, 4.69) is 11.4 Å². The number of para-hydroxylation sites is 1. The summed E-state index contributed by atoms with van der Waals surface area (Å²) in [5.74, 6) is 0.899. The first-order chi connectivity index (χ1) is 13.2. The molecule has 3 rings (SSSR count). The van der Waals surface area contributed by atoms with Gasteiger partial charge in [0.15, 0.2) is 0 Å². The van der Waals surface area contributed by atoms with Crippen LogP contribution in [0, 0.1) is 5.82 Å². The Kier molecular flexibility index (Phi) is 6.82. The van der Waals surface area contributed by atoms with Crippen molar-refractivity contribution in [3.8, 4) is 5.75 Å². The molecule has 1 fully saturated rings.